The highest BCUT2D eigenvalue weighted by molar-refractivity contribution is 7.89. The topological polar surface area (TPSA) is 75.7 Å². The first-order valence-electron chi connectivity index (χ1n) is 7.51. The second-order valence-electron chi connectivity index (χ2n) is 5.43. The minimum Gasteiger partial charge on any atom is -0.376 e. The number of nitrogens with zero attached hydrogens (tertiary/aromatic N) is 1. The van der Waals surface area contributed by atoms with E-state index in [0.29, 0.717) is 13.1 Å². The van der Waals surface area contributed by atoms with E-state index in [4.69, 9.17) is 16.3 Å². The molecular weight excluding hydrogens is 340 g/mol. The molecule has 0 spiro atoms. The predicted octanol–water partition coefficient (Wildman–Crippen LogP) is 1.65. The molecule has 0 radical (unpaired) electrons. The van der Waals surface area contributed by atoms with Crippen molar-refractivity contribution in [3.63, 3.8) is 0 Å². The van der Waals surface area contributed by atoms with E-state index in [0.717, 1.165) is 19.4 Å². The van der Waals surface area contributed by atoms with Crippen LogP contribution in [-0.2, 0) is 19.6 Å². The first-order chi connectivity index (χ1) is 10.9. The lowest BCUT2D eigenvalue weighted by Crippen LogP contribution is -2.41. The van der Waals surface area contributed by atoms with Crippen molar-refractivity contribution in [1.82, 2.24) is 9.62 Å². The third kappa shape index (κ3) is 5.17. The number of hydrogen-bond acceptors (Lipinski definition) is 4. The van der Waals surface area contributed by atoms with Gasteiger partial charge in [0.15, 0.2) is 0 Å². The molecule has 1 amide bonds. The molecule has 128 valence electrons. The third-order valence-electron chi connectivity index (χ3n) is 3.69. The molecule has 1 aliphatic rings. The van der Waals surface area contributed by atoms with Crippen molar-refractivity contribution < 1.29 is 17.9 Å². The number of sulfonamides is 1. The minimum atomic E-state index is -3.69. The molecule has 1 unspecified atom stereocenters. The predicted molar refractivity (Wildman–Crippen MR) is 87.9 cm³/mol. The second kappa shape index (κ2) is 8.10. The molecule has 1 atom stereocenters. The van der Waals surface area contributed by atoms with Crippen molar-refractivity contribution in [3.8, 4) is 0 Å². The summed E-state index contributed by atoms with van der Waals surface area (Å²) in [6.07, 6.45) is 1.96. The quantitative estimate of drug-likeness (QED) is 0.802. The Kier molecular flexibility index (Phi) is 6.41. The number of halogens is 1. The molecule has 0 saturated carbocycles. The van der Waals surface area contributed by atoms with E-state index < -0.39 is 10.0 Å². The fourth-order valence-electron chi connectivity index (χ4n) is 2.47. The average Bonchev–Trinajstić information content (AvgIpc) is 2.99. The molecule has 8 heteroatoms. The van der Waals surface area contributed by atoms with Crippen LogP contribution in [0.5, 0.6) is 0 Å². The van der Waals surface area contributed by atoms with Gasteiger partial charge in [-0.05, 0) is 25.0 Å². The summed E-state index contributed by atoms with van der Waals surface area (Å²) in [6, 6.07) is 6.25. The Morgan fingerprint density at radius 3 is 2.78 bits per heavy atom. The van der Waals surface area contributed by atoms with E-state index in [9.17, 15) is 13.2 Å². The van der Waals surface area contributed by atoms with Crippen LogP contribution in [0, 0.1) is 0 Å². The summed E-state index contributed by atoms with van der Waals surface area (Å²) in [5, 5.41) is 0.169. The molecule has 0 aromatic heterocycles. The fourth-order valence-corrected chi connectivity index (χ4v) is 4.01. The molecule has 0 bridgehead atoms. The number of carbonyl (C=O) groups is 1. The molecular formula is C15H21ClN2O4S. The largest absolute Gasteiger partial charge is 0.376 e. The monoisotopic (exact) mass is 360 g/mol. The van der Waals surface area contributed by atoms with Gasteiger partial charge in [0, 0.05) is 33.2 Å². The molecule has 1 aromatic rings. The molecule has 1 heterocycles. The van der Waals surface area contributed by atoms with Crippen LogP contribution in [-0.4, -0.2) is 51.6 Å². The van der Waals surface area contributed by atoms with E-state index in [-0.39, 0.29) is 28.5 Å². The highest BCUT2D eigenvalue weighted by atomic mass is 35.5. The van der Waals surface area contributed by atoms with Gasteiger partial charge in [0.1, 0.15) is 4.90 Å². The van der Waals surface area contributed by atoms with Crippen LogP contribution < -0.4 is 4.72 Å². The van der Waals surface area contributed by atoms with Gasteiger partial charge in [-0.3, -0.25) is 4.79 Å². The Labute approximate surface area is 141 Å². The van der Waals surface area contributed by atoms with Gasteiger partial charge in [-0.1, -0.05) is 23.7 Å². The molecule has 6 nitrogen and oxygen atoms in total. The Balaban J connectivity index is 1.91. The molecule has 23 heavy (non-hydrogen) atoms. The molecule has 1 saturated heterocycles. The highest BCUT2D eigenvalue weighted by Crippen LogP contribution is 2.20. The summed E-state index contributed by atoms with van der Waals surface area (Å²) < 4.78 is 32.4. The maximum atomic E-state index is 12.2. The Morgan fingerprint density at radius 1 is 1.43 bits per heavy atom. The molecule has 2 rings (SSSR count). The standard InChI is InChI=1S/C15H21ClN2O4S/c1-12(19)18(11-13-5-4-10-22-13)9-8-17-23(20,21)15-7-3-2-6-14(15)16/h2-3,6-7,13,17H,4-5,8-11H2,1H3. The number of nitrogens with one attached hydrogen (secondary N) is 1. The average molecular weight is 361 g/mol. The second-order valence-corrected chi connectivity index (χ2v) is 7.57. The van der Waals surface area contributed by atoms with Gasteiger partial charge >= 0.3 is 0 Å². The molecule has 1 aromatic carbocycles. The van der Waals surface area contributed by atoms with Crippen LogP contribution in [0.2, 0.25) is 5.02 Å². The van der Waals surface area contributed by atoms with E-state index >= 15 is 0 Å². The Morgan fingerprint density at radius 2 is 2.17 bits per heavy atom. The first kappa shape index (κ1) is 18.2. The van der Waals surface area contributed by atoms with Crippen molar-refractivity contribution in [3.05, 3.63) is 29.3 Å². The van der Waals surface area contributed by atoms with Gasteiger partial charge in [0.2, 0.25) is 15.9 Å². The van der Waals surface area contributed by atoms with Gasteiger partial charge in [0.25, 0.3) is 0 Å². The van der Waals surface area contributed by atoms with Crippen LogP contribution >= 0.6 is 11.6 Å². The fraction of sp³-hybridized carbons (Fsp3) is 0.533. The minimum absolute atomic E-state index is 0.0372. The SMILES string of the molecule is CC(=O)N(CCNS(=O)(=O)c1ccccc1Cl)CC1CCCO1. The van der Waals surface area contributed by atoms with Crippen molar-refractivity contribution in [2.75, 3.05) is 26.2 Å². The van der Waals surface area contributed by atoms with Crippen molar-refractivity contribution >= 4 is 27.5 Å². The number of carbonyl (C=O) groups excluding carboxylic acids is 1. The van der Waals surface area contributed by atoms with Crippen LogP contribution in [0.3, 0.4) is 0 Å². The van der Waals surface area contributed by atoms with Crippen LogP contribution in [0.25, 0.3) is 0 Å². The Bertz CT molecular complexity index is 645. The van der Waals surface area contributed by atoms with Gasteiger partial charge < -0.3 is 9.64 Å². The first-order valence-corrected chi connectivity index (χ1v) is 9.37. The molecule has 1 fully saturated rings. The zero-order valence-corrected chi connectivity index (χ0v) is 14.6. The number of hydrogen-bond donors (Lipinski definition) is 1. The number of benzene rings is 1. The normalized spacial score (nSPS) is 18.1. The van der Waals surface area contributed by atoms with Gasteiger partial charge in [-0.25, -0.2) is 13.1 Å². The lowest BCUT2D eigenvalue weighted by Gasteiger charge is -2.24. The third-order valence-corrected chi connectivity index (χ3v) is 5.65. The Hall–Kier alpha value is -1.15. The smallest absolute Gasteiger partial charge is 0.242 e. The van der Waals surface area contributed by atoms with Crippen molar-refractivity contribution in [1.29, 1.82) is 0 Å². The summed E-state index contributed by atoms with van der Waals surface area (Å²) in [6.45, 7) is 3.09. The number of ether oxygens (including phenoxy) is 1. The summed E-state index contributed by atoms with van der Waals surface area (Å²) in [4.78, 5) is 13.3. The van der Waals surface area contributed by atoms with E-state index in [1.54, 1.807) is 17.0 Å². The highest BCUT2D eigenvalue weighted by Gasteiger charge is 2.22. The zero-order valence-electron chi connectivity index (χ0n) is 13.0. The van der Waals surface area contributed by atoms with Crippen LogP contribution in [0.1, 0.15) is 19.8 Å². The van der Waals surface area contributed by atoms with Crippen LogP contribution in [0.4, 0.5) is 0 Å². The molecule has 1 aliphatic heterocycles. The van der Waals surface area contributed by atoms with Gasteiger partial charge in [0.05, 0.1) is 11.1 Å². The molecule has 1 N–H and O–H groups in total. The maximum Gasteiger partial charge on any atom is 0.242 e. The van der Waals surface area contributed by atoms with Gasteiger partial charge in [-0.2, -0.15) is 0 Å². The molecule has 0 aliphatic carbocycles. The summed E-state index contributed by atoms with van der Waals surface area (Å²) in [7, 11) is -3.69. The van der Waals surface area contributed by atoms with Crippen molar-refractivity contribution in [2.24, 2.45) is 0 Å². The van der Waals surface area contributed by atoms with Crippen molar-refractivity contribution in [2.45, 2.75) is 30.8 Å². The summed E-state index contributed by atoms with van der Waals surface area (Å²) in [5.41, 5.74) is 0. The van der Waals surface area contributed by atoms with Gasteiger partial charge in [-0.15, -0.1) is 0 Å². The van der Waals surface area contributed by atoms with Crippen LogP contribution in [0.15, 0.2) is 29.2 Å². The number of amides is 1. The lowest BCUT2D eigenvalue weighted by molar-refractivity contribution is -0.130. The zero-order chi connectivity index (χ0) is 16.9. The summed E-state index contributed by atoms with van der Waals surface area (Å²) >= 11 is 5.91. The van der Waals surface area contributed by atoms with E-state index in [1.807, 2.05) is 0 Å². The van der Waals surface area contributed by atoms with E-state index in [1.165, 1.54) is 19.1 Å². The summed E-state index contributed by atoms with van der Waals surface area (Å²) in [5.74, 6) is -0.0996. The van der Waals surface area contributed by atoms with E-state index in [2.05, 4.69) is 4.72 Å². The lowest BCUT2D eigenvalue weighted by atomic mass is 10.2. The maximum absolute atomic E-state index is 12.2. The number of rotatable bonds is 7.